The number of rotatable bonds is 4. The van der Waals surface area contributed by atoms with Crippen LogP contribution in [-0.2, 0) is 9.53 Å². The Morgan fingerprint density at radius 2 is 1.73 bits per heavy atom. The van der Waals surface area contributed by atoms with Gasteiger partial charge < -0.3 is 15.2 Å². The second kappa shape index (κ2) is 7.48. The molecule has 0 amide bonds. The van der Waals surface area contributed by atoms with E-state index in [0.29, 0.717) is 41.1 Å². The van der Waals surface area contributed by atoms with Crippen LogP contribution < -0.4 is 10.5 Å². The highest BCUT2D eigenvalue weighted by Crippen LogP contribution is 2.48. The lowest BCUT2D eigenvalue weighted by molar-refractivity contribution is -0.119. The Morgan fingerprint density at radius 1 is 1.07 bits per heavy atom. The van der Waals surface area contributed by atoms with Crippen molar-refractivity contribution in [3.63, 3.8) is 0 Å². The lowest BCUT2D eigenvalue weighted by atomic mass is 9.69. The Labute approximate surface area is 176 Å². The minimum absolute atomic E-state index is 0.00655. The van der Waals surface area contributed by atoms with E-state index in [1.807, 2.05) is 44.2 Å². The molecular formula is C25H25NO4. The van der Waals surface area contributed by atoms with Gasteiger partial charge in [0.05, 0.1) is 18.6 Å². The van der Waals surface area contributed by atoms with Crippen LogP contribution in [0.1, 0.15) is 48.5 Å². The van der Waals surface area contributed by atoms with Crippen LogP contribution in [0.15, 0.2) is 77.4 Å². The van der Waals surface area contributed by atoms with Crippen molar-refractivity contribution in [3.05, 3.63) is 88.5 Å². The number of carbonyl (C=O) groups is 2. The van der Waals surface area contributed by atoms with Gasteiger partial charge in [0, 0.05) is 24.0 Å². The smallest absolute Gasteiger partial charge is 0.198 e. The van der Waals surface area contributed by atoms with Crippen molar-refractivity contribution in [1.29, 1.82) is 0 Å². The van der Waals surface area contributed by atoms with Gasteiger partial charge in [0.25, 0.3) is 0 Å². The maximum absolute atomic E-state index is 13.4. The molecule has 0 fully saturated rings. The number of ether oxygens (including phenoxy) is 2. The molecule has 2 aromatic carbocycles. The van der Waals surface area contributed by atoms with Crippen LogP contribution >= 0.6 is 0 Å². The second-order valence-corrected chi connectivity index (χ2v) is 8.56. The molecule has 0 saturated heterocycles. The fourth-order valence-corrected chi connectivity index (χ4v) is 4.28. The normalized spacial score (nSPS) is 20.5. The zero-order chi connectivity index (χ0) is 21.5. The van der Waals surface area contributed by atoms with Crippen LogP contribution in [0.5, 0.6) is 5.75 Å². The van der Waals surface area contributed by atoms with Gasteiger partial charge in [0.15, 0.2) is 17.4 Å². The van der Waals surface area contributed by atoms with E-state index < -0.39 is 5.92 Å². The van der Waals surface area contributed by atoms with E-state index in [2.05, 4.69) is 0 Å². The first-order valence-electron chi connectivity index (χ1n) is 9.98. The predicted octanol–water partition coefficient (Wildman–Crippen LogP) is 4.51. The van der Waals surface area contributed by atoms with Gasteiger partial charge in [-0.3, -0.25) is 9.59 Å². The van der Waals surface area contributed by atoms with E-state index in [1.54, 1.807) is 31.4 Å². The topological polar surface area (TPSA) is 78.6 Å². The van der Waals surface area contributed by atoms with Crippen molar-refractivity contribution in [2.45, 2.75) is 32.6 Å². The summed E-state index contributed by atoms with van der Waals surface area (Å²) in [6.07, 6.45) is 0.989. The highest BCUT2D eigenvalue weighted by molar-refractivity contribution is 6.13. The SMILES string of the molecule is COc1ccc([C@H]2C(C(=O)c3ccccc3)=C(N)OC3=C2C(=O)CC(C)(C)C3)cc1. The van der Waals surface area contributed by atoms with Gasteiger partial charge >= 0.3 is 0 Å². The maximum atomic E-state index is 13.4. The number of ketones is 2. The number of allylic oxidation sites excluding steroid dienone is 3. The number of Topliss-reactive ketones (excluding diaryl/α,β-unsaturated/α-hetero) is 2. The van der Waals surface area contributed by atoms with E-state index in [4.69, 9.17) is 15.2 Å². The lowest BCUT2D eigenvalue weighted by Gasteiger charge is -2.38. The first-order chi connectivity index (χ1) is 14.3. The summed E-state index contributed by atoms with van der Waals surface area (Å²) in [7, 11) is 1.60. The van der Waals surface area contributed by atoms with E-state index in [-0.39, 0.29) is 22.9 Å². The summed E-state index contributed by atoms with van der Waals surface area (Å²) >= 11 is 0. The van der Waals surface area contributed by atoms with Crippen LogP contribution in [0, 0.1) is 5.41 Å². The van der Waals surface area contributed by atoms with Gasteiger partial charge in [0.2, 0.25) is 0 Å². The molecule has 5 heteroatoms. The van der Waals surface area contributed by atoms with Crippen molar-refractivity contribution in [3.8, 4) is 5.75 Å². The molecule has 1 aliphatic carbocycles. The highest BCUT2D eigenvalue weighted by atomic mass is 16.5. The second-order valence-electron chi connectivity index (χ2n) is 8.56. The zero-order valence-electron chi connectivity index (χ0n) is 17.4. The van der Waals surface area contributed by atoms with Gasteiger partial charge in [-0.25, -0.2) is 0 Å². The van der Waals surface area contributed by atoms with Crippen molar-refractivity contribution >= 4 is 11.6 Å². The molecule has 2 N–H and O–H groups in total. The Morgan fingerprint density at radius 3 is 2.37 bits per heavy atom. The molecule has 0 unspecified atom stereocenters. The molecule has 2 aromatic rings. The van der Waals surface area contributed by atoms with Gasteiger partial charge in [-0.1, -0.05) is 56.3 Å². The van der Waals surface area contributed by atoms with Crippen molar-refractivity contribution < 1.29 is 19.1 Å². The summed E-state index contributed by atoms with van der Waals surface area (Å²) in [6.45, 7) is 4.07. The number of hydrogen-bond acceptors (Lipinski definition) is 5. The number of benzene rings is 2. The first-order valence-corrected chi connectivity index (χ1v) is 9.98. The molecule has 4 rings (SSSR count). The van der Waals surface area contributed by atoms with E-state index in [0.717, 1.165) is 5.56 Å². The summed E-state index contributed by atoms with van der Waals surface area (Å²) in [4.78, 5) is 26.7. The Kier molecular flexibility index (Phi) is 4.98. The molecule has 0 saturated carbocycles. The molecule has 1 atom stereocenters. The fourth-order valence-electron chi connectivity index (χ4n) is 4.28. The number of hydrogen-bond donors (Lipinski definition) is 1. The minimum atomic E-state index is -0.573. The summed E-state index contributed by atoms with van der Waals surface area (Å²) < 4.78 is 11.2. The van der Waals surface area contributed by atoms with Crippen molar-refractivity contribution in [2.24, 2.45) is 11.1 Å². The molecule has 30 heavy (non-hydrogen) atoms. The molecule has 0 aromatic heterocycles. The maximum Gasteiger partial charge on any atom is 0.198 e. The molecular weight excluding hydrogens is 378 g/mol. The number of carbonyl (C=O) groups excluding carboxylic acids is 2. The van der Waals surface area contributed by atoms with Gasteiger partial charge in [-0.05, 0) is 23.1 Å². The summed E-state index contributed by atoms with van der Waals surface area (Å²) in [5.41, 5.74) is 8.24. The summed E-state index contributed by atoms with van der Waals surface area (Å²) in [5, 5.41) is 0. The third-order valence-corrected chi connectivity index (χ3v) is 5.68. The largest absolute Gasteiger partial charge is 0.497 e. The molecule has 2 aliphatic rings. The standard InChI is InChI=1S/C25H25NO4/c1-25(2)13-18(27)21-19(14-25)30-24(26)22(23(28)16-7-5-4-6-8-16)20(21)15-9-11-17(29-3)12-10-15/h4-12,20H,13-14,26H2,1-3H3/t20-/m1/s1. The molecule has 0 bridgehead atoms. The monoisotopic (exact) mass is 403 g/mol. The van der Waals surface area contributed by atoms with E-state index in [9.17, 15) is 9.59 Å². The van der Waals surface area contributed by atoms with Crippen molar-refractivity contribution in [1.82, 2.24) is 0 Å². The highest BCUT2D eigenvalue weighted by Gasteiger charge is 2.44. The molecule has 0 radical (unpaired) electrons. The van der Waals surface area contributed by atoms with Crippen LogP contribution in [0.2, 0.25) is 0 Å². The molecule has 1 aliphatic heterocycles. The van der Waals surface area contributed by atoms with Gasteiger partial charge in [-0.2, -0.15) is 0 Å². The predicted molar refractivity (Wildman–Crippen MR) is 114 cm³/mol. The molecule has 154 valence electrons. The molecule has 0 spiro atoms. The number of methoxy groups -OCH3 is 1. The van der Waals surface area contributed by atoms with E-state index >= 15 is 0 Å². The summed E-state index contributed by atoms with van der Waals surface area (Å²) in [6, 6.07) is 16.3. The van der Waals surface area contributed by atoms with Gasteiger partial charge in [-0.15, -0.1) is 0 Å². The van der Waals surface area contributed by atoms with Gasteiger partial charge in [0.1, 0.15) is 11.5 Å². The third kappa shape index (κ3) is 3.52. The number of nitrogens with two attached hydrogens (primary N) is 1. The Bertz CT molecular complexity index is 1060. The van der Waals surface area contributed by atoms with Crippen LogP contribution in [0.25, 0.3) is 0 Å². The quantitative estimate of drug-likeness (QED) is 0.760. The average molecular weight is 403 g/mol. The van der Waals surface area contributed by atoms with Crippen LogP contribution in [0.3, 0.4) is 0 Å². The fraction of sp³-hybridized carbons (Fsp3) is 0.280. The molecule has 5 nitrogen and oxygen atoms in total. The van der Waals surface area contributed by atoms with E-state index in [1.165, 1.54) is 0 Å². The Hall–Kier alpha value is -3.34. The van der Waals surface area contributed by atoms with Crippen LogP contribution in [0.4, 0.5) is 0 Å². The average Bonchev–Trinajstić information content (AvgIpc) is 2.72. The molecule has 1 heterocycles. The first kappa shape index (κ1) is 20.0. The Balaban J connectivity index is 1.88. The lowest BCUT2D eigenvalue weighted by Crippen LogP contribution is -2.35. The van der Waals surface area contributed by atoms with Crippen LogP contribution in [-0.4, -0.2) is 18.7 Å². The zero-order valence-corrected chi connectivity index (χ0v) is 17.4. The minimum Gasteiger partial charge on any atom is -0.497 e. The third-order valence-electron chi connectivity index (χ3n) is 5.68. The van der Waals surface area contributed by atoms with Crippen molar-refractivity contribution in [2.75, 3.05) is 7.11 Å². The summed E-state index contributed by atoms with van der Waals surface area (Å²) in [5.74, 6) is 0.513.